The van der Waals surface area contributed by atoms with Crippen molar-refractivity contribution in [2.45, 2.75) is 6.61 Å². The van der Waals surface area contributed by atoms with Gasteiger partial charge in [-0.1, -0.05) is 35.9 Å². The summed E-state index contributed by atoms with van der Waals surface area (Å²) in [5, 5.41) is 18.4. The summed E-state index contributed by atoms with van der Waals surface area (Å²) in [5.74, 6) is -0.367. The van der Waals surface area contributed by atoms with E-state index in [-0.39, 0.29) is 12.2 Å². The van der Waals surface area contributed by atoms with Crippen molar-refractivity contribution in [2.75, 3.05) is 7.11 Å². The zero-order valence-electron chi connectivity index (χ0n) is 12.8. The number of methoxy groups -OCH3 is 1. The predicted molar refractivity (Wildman–Crippen MR) is 90.0 cm³/mol. The van der Waals surface area contributed by atoms with Crippen LogP contribution in [0.2, 0.25) is 5.02 Å². The van der Waals surface area contributed by atoms with Gasteiger partial charge in [-0.05, 0) is 29.8 Å². The van der Waals surface area contributed by atoms with Crippen LogP contribution in [0.3, 0.4) is 0 Å². The molecule has 2 aromatic rings. The quantitative estimate of drug-likeness (QED) is 0.635. The van der Waals surface area contributed by atoms with Crippen LogP contribution < -0.4 is 9.47 Å². The van der Waals surface area contributed by atoms with Crippen LogP contribution in [-0.4, -0.2) is 18.2 Å². The van der Waals surface area contributed by atoms with Crippen molar-refractivity contribution in [1.29, 1.82) is 5.26 Å². The van der Waals surface area contributed by atoms with Crippen LogP contribution in [0.1, 0.15) is 11.1 Å². The molecule has 0 atom stereocenters. The molecule has 0 heterocycles. The molecule has 0 radical (unpaired) electrons. The summed E-state index contributed by atoms with van der Waals surface area (Å²) in [6, 6.07) is 13.8. The van der Waals surface area contributed by atoms with Crippen molar-refractivity contribution in [3.05, 3.63) is 64.2 Å². The van der Waals surface area contributed by atoms with Gasteiger partial charge in [0, 0.05) is 10.6 Å². The zero-order valence-corrected chi connectivity index (χ0v) is 13.6. The maximum Gasteiger partial charge on any atom is 0.346 e. The Morgan fingerprint density at radius 2 is 2.04 bits per heavy atom. The smallest absolute Gasteiger partial charge is 0.346 e. The number of halogens is 1. The number of nitriles is 1. The number of benzene rings is 2. The van der Waals surface area contributed by atoms with Crippen molar-refractivity contribution in [3.8, 4) is 17.6 Å². The van der Waals surface area contributed by atoms with Gasteiger partial charge in [0.05, 0.1) is 7.11 Å². The molecular weight excluding hydrogens is 330 g/mol. The highest BCUT2D eigenvalue weighted by Crippen LogP contribution is 2.30. The minimum atomic E-state index is -1.29. The fourth-order valence-corrected chi connectivity index (χ4v) is 2.17. The summed E-state index contributed by atoms with van der Waals surface area (Å²) in [6.07, 6.45) is 1.27. The van der Waals surface area contributed by atoms with Crippen LogP contribution in [0.25, 0.3) is 6.08 Å². The molecule has 0 aliphatic carbocycles. The maximum absolute atomic E-state index is 10.9. The van der Waals surface area contributed by atoms with Gasteiger partial charge >= 0.3 is 5.97 Å². The molecule has 0 aliphatic rings. The van der Waals surface area contributed by atoms with Crippen molar-refractivity contribution >= 4 is 23.6 Å². The lowest BCUT2D eigenvalue weighted by atomic mass is 10.1. The van der Waals surface area contributed by atoms with Crippen LogP contribution in [0.15, 0.2) is 48.0 Å². The Labute approximate surface area is 144 Å². The van der Waals surface area contributed by atoms with Gasteiger partial charge in [0.2, 0.25) is 0 Å². The van der Waals surface area contributed by atoms with Crippen LogP contribution in [-0.2, 0) is 11.4 Å². The van der Waals surface area contributed by atoms with Gasteiger partial charge < -0.3 is 14.6 Å². The minimum absolute atomic E-state index is 0.229. The molecule has 6 heteroatoms. The third kappa shape index (κ3) is 4.28. The van der Waals surface area contributed by atoms with E-state index in [1.807, 2.05) is 18.2 Å². The van der Waals surface area contributed by atoms with Crippen LogP contribution in [0, 0.1) is 11.3 Å². The Bertz CT molecular complexity index is 824. The summed E-state index contributed by atoms with van der Waals surface area (Å²) in [4.78, 5) is 10.9. The number of hydrogen-bond acceptors (Lipinski definition) is 4. The first kappa shape index (κ1) is 17.4. The van der Waals surface area contributed by atoms with E-state index in [0.717, 1.165) is 5.56 Å². The zero-order chi connectivity index (χ0) is 17.5. The molecule has 0 fully saturated rings. The van der Waals surface area contributed by atoms with E-state index in [1.54, 1.807) is 30.3 Å². The van der Waals surface area contributed by atoms with Gasteiger partial charge in [0.1, 0.15) is 18.2 Å². The Hall–Kier alpha value is -2.97. The fraction of sp³-hybridized carbons (Fsp3) is 0.111. The SMILES string of the molecule is COc1ccc(C=C(C#N)C(=O)O)cc1OCc1ccccc1Cl. The number of carbonyl (C=O) groups is 1. The molecule has 0 unspecified atom stereocenters. The monoisotopic (exact) mass is 343 g/mol. The summed E-state index contributed by atoms with van der Waals surface area (Å²) in [5.41, 5.74) is 0.964. The predicted octanol–water partition coefficient (Wildman–Crippen LogP) is 3.92. The number of carboxylic acids is 1. The Morgan fingerprint density at radius 3 is 2.67 bits per heavy atom. The van der Waals surface area contributed by atoms with Crippen LogP contribution in [0.5, 0.6) is 11.5 Å². The molecule has 0 bridgehead atoms. The first-order chi connectivity index (χ1) is 11.5. The third-order valence-electron chi connectivity index (χ3n) is 3.19. The van der Waals surface area contributed by atoms with Gasteiger partial charge in [-0.15, -0.1) is 0 Å². The number of nitrogens with zero attached hydrogens (tertiary/aromatic N) is 1. The van der Waals surface area contributed by atoms with Gasteiger partial charge in [-0.25, -0.2) is 4.79 Å². The van der Waals surface area contributed by atoms with E-state index < -0.39 is 5.97 Å². The Balaban J connectivity index is 2.28. The van der Waals surface area contributed by atoms with Gasteiger partial charge in [-0.3, -0.25) is 0 Å². The second-order valence-electron chi connectivity index (χ2n) is 4.77. The van der Waals surface area contributed by atoms with E-state index >= 15 is 0 Å². The molecule has 0 saturated heterocycles. The standard InChI is InChI=1S/C18H14ClNO4/c1-23-16-7-6-12(8-14(10-20)18(21)22)9-17(16)24-11-13-4-2-3-5-15(13)19/h2-9H,11H2,1H3,(H,21,22). The summed E-state index contributed by atoms with van der Waals surface area (Å²) in [6.45, 7) is 0.229. The summed E-state index contributed by atoms with van der Waals surface area (Å²) < 4.78 is 11.0. The molecule has 0 amide bonds. The molecule has 5 nitrogen and oxygen atoms in total. The van der Waals surface area contributed by atoms with Crippen molar-refractivity contribution < 1.29 is 19.4 Å². The molecule has 0 saturated carbocycles. The molecule has 2 rings (SSSR count). The minimum Gasteiger partial charge on any atom is -0.493 e. The molecule has 1 N–H and O–H groups in total. The normalized spacial score (nSPS) is 10.8. The van der Waals surface area contributed by atoms with E-state index in [9.17, 15) is 4.79 Å². The number of aliphatic carboxylic acids is 1. The highest BCUT2D eigenvalue weighted by molar-refractivity contribution is 6.31. The van der Waals surface area contributed by atoms with E-state index in [2.05, 4.69) is 0 Å². The third-order valence-corrected chi connectivity index (χ3v) is 3.56. The fourth-order valence-electron chi connectivity index (χ4n) is 1.98. The molecule has 2 aromatic carbocycles. The molecular formula is C18H14ClNO4. The molecule has 122 valence electrons. The second kappa shape index (κ2) is 8.04. The number of carboxylic acid groups (broad SMARTS) is 1. The lowest BCUT2D eigenvalue weighted by molar-refractivity contribution is -0.132. The topological polar surface area (TPSA) is 79.5 Å². The lowest BCUT2D eigenvalue weighted by Crippen LogP contribution is -2.00. The van der Waals surface area contributed by atoms with Gasteiger partial charge in [-0.2, -0.15) is 5.26 Å². The van der Waals surface area contributed by atoms with Gasteiger partial charge in [0.25, 0.3) is 0 Å². The second-order valence-corrected chi connectivity index (χ2v) is 5.17. The first-order valence-corrected chi connectivity index (χ1v) is 7.32. The number of rotatable bonds is 6. The van der Waals surface area contributed by atoms with Crippen LogP contribution in [0.4, 0.5) is 0 Å². The lowest BCUT2D eigenvalue weighted by Gasteiger charge is -2.12. The molecule has 0 spiro atoms. The Kier molecular flexibility index (Phi) is 5.83. The first-order valence-electron chi connectivity index (χ1n) is 6.94. The number of ether oxygens (including phenoxy) is 2. The van der Waals surface area contributed by atoms with Crippen molar-refractivity contribution in [2.24, 2.45) is 0 Å². The highest BCUT2D eigenvalue weighted by Gasteiger charge is 2.10. The highest BCUT2D eigenvalue weighted by atomic mass is 35.5. The van der Waals surface area contributed by atoms with Crippen molar-refractivity contribution in [1.82, 2.24) is 0 Å². The maximum atomic E-state index is 10.9. The van der Waals surface area contributed by atoms with E-state index in [0.29, 0.717) is 22.1 Å². The van der Waals surface area contributed by atoms with Crippen LogP contribution >= 0.6 is 11.6 Å². The van der Waals surface area contributed by atoms with E-state index in [4.69, 9.17) is 31.4 Å². The summed E-state index contributed by atoms with van der Waals surface area (Å²) in [7, 11) is 1.51. The molecule has 0 aliphatic heterocycles. The average Bonchev–Trinajstić information content (AvgIpc) is 2.58. The number of hydrogen-bond donors (Lipinski definition) is 1. The van der Waals surface area contributed by atoms with Gasteiger partial charge in [0.15, 0.2) is 11.5 Å². The van der Waals surface area contributed by atoms with Crippen molar-refractivity contribution in [3.63, 3.8) is 0 Å². The summed E-state index contributed by atoms with van der Waals surface area (Å²) >= 11 is 6.10. The Morgan fingerprint density at radius 1 is 1.29 bits per heavy atom. The molecule has 0 aromatic heterocycles. The average molecular weight is 344 g/mol. The largest absolute Gasteiger partial charge is 0.493 e. The van der Waals surface area contributed by atoms with E-state index in [1.165, 1.54) is 13.2 Å². The molecule has 24 heavy (non-hydrogen) atoms.